The molecule has 2 rings (SSSR count). The van der Waals surface area contributed by atoms with Gasteiger partial charge in [0.2, 0.25) is 5.91 Å². The van der Waals surface area contributed by atoms with Crippen molar-refractivity contribution in [2.75, 3.05) is 20.3 Å². The van der Waals surface area contributed by atoms with Crippen molar-refractivity contribution in [3.63, 3.8) is 0 Å². The first-order valence-electron chi connectivity index (χ1n) is 5.92. The molecule has 5 heteroatoms. The molecule has 1 heterocycles. The van der Waals surface area contributed by atoms with Crippen LogP contribution in [0.2, 0.25) is 0 Å². The van der Waals surface area contributed by atoms with E-state index in [9.17, 15) is 9.18 Å². The monoisotopic (exact) mass is 252 g/mol. The normalized spacial score (nSPS) is 21.4. The van der Waals surface area contributed by atoms with E-state index in [0.717, 1.165) is 5.56 Å². The molecule has 18 heavy (non-hydrogen) atoms. The Balaban J connectivity index is 2.20. The van der Waals surface area contributed by atoms with E-state index in [-0.39, 0.29) is 23.9 Å². The Kier molecular flexibility index (Phi) is 3.93. The Morgan fingerprint density at radius 3 is 2.78 bits per heavy atom. The smallest absolute Gasteiger partial charge is 0.238 e. The van der Waals surface area contributed by atoms with Gasteiger partial charge in [-0.2, -0.15) is 0 Å². The number of benzene rings is 1. The number of carbonyl (C=O) groups excluding carboxylic acids is 1. The number of halogens is 1. The van der Waals surface area contributed by atoms with Crippen LogP contribution < -0.4 is 5.32 Å². The Hall–Kier alpha value is -1.46. The van der Waals surface area contributed by atoms with Crippen LogP contribution in [0.4, 0.5) is 4.39 Å². The Morgan fingerprint density at radius 2 is 2.17 bits per heavy atom. The fraction of sp³-hybridized carbons (Fsp3) is 0.462. The summed E-state index contributed by atoms with van der Waals surface area (Å²) in [6, 6.07) is 6.17. The van der Waals surface area contributed by atoms with Gasteiger partial charge >= 0.3 is 0 Å². The van der Waals surface area contributed by atoms with E-state index in [1.807, 2.05) is 6.92 Å². The molecule has 2 atom stereocenters. The predicted molar refractivity (Wildman–Crippen MR) is 65.3 cm³/mol. The van der Waals surface area contributed by atoms with Crippen molar-refractivity contribution in [1.29, 1.82) is 0 Å². The molecule has 1 N–H and O–H groups in total. The maximum Gasteiger partial charge on any atom is 0.238 e. The number of nitrogens with one attached hydrogen (secondary N) is 1. The summed E-state index contributed by atoms with van der Waals surface area (Å²) in [5.41, 5.74) is 0.880. The second-order valence-corrected chi connectivity index (χ2v) is 4.44. The molecule has 0 spiro atoms. The van der Waals surface area contributed by atoms with Gasteiger partial charge in [-0.3, -0.25) is 10.1 Å². The molecule has 4 nitrogen and oxygen atoms in total. The number of ether oxygens (including phenoxy) is 1. The lowest BCUT2D eigenvalue weighted by molar-refractivity contribution is -0.131. The van der Waals surface area contributed by atoms with E-state index in [1.165, 1.54) is 12.1 Å². The molecule has 98 valence electrons. The van der Waals surface area contributed by atoms with Gasteiger partial charge in [-0.1, -0.05) is 12.1 Å². The van der Waals surface area contributed by atoms with Gasteiger partial charge in [0.15, 0.2) is 0 Å². The third-order valence-corrected chi connectivity index (χ3v) is 3.08. The average Bonchev–Trinajstić information content (AvgIpc) is 2.72. The summed E-state index contributed by atoms with van der Waals surface area (Å²) < 4.78 is 18.0. The summed E-state index contributed by atoms with van der Waals surface area (Å²) in [5.74, 6) is -0.242. The van der Waals surface area contributed by atoms with Crippen LogP contribution in [0.5, 0.6) is 0 Å². The Bertz CT molecular complexity index is 422. The van der Waals surface area contributed by atoms with Crippen molar-refractivity contribution >= 4 is 5.91 Å². The zero-order chi connectivity index (χ0) is 13.1. The quantitative estimate of drug-likeness (QED) is 0.878. The highest BCUT2D eigenvalue weighted by Gasteiger charge is 2.34. The van der Waals surface area contributed by atoms with E-state index < -0.39 is 0 Å². The summed E-state index contributed by atoms with van der Waals surface area (Å²) in [4.78, 5) is 13.6. The number of hydrogen-bond acceptors (Lipinski definition) is 3. The summed E-state index contributed by atoms with van der Waals surface area (Å²) in [6.45, 7) is 2.71. The van der Waals surface area contributed by atoms with Crippen LogP contribution in [0.15, 0.2) is 24.3 Å². The predicted octanol–water partition coefficient (Wildman–Crippen LogP) is 1.29. The molecule has 1 aliphatic rings. The highest BCUT2D eigenvalue weighted by molar-refractivity contribution is 5.81. The van der Waals surface area contributed by atoms with Gasteiger partial charge in [-0.15, -0.1) is 0 Å². The Labute approximate surface area is 106 Å². The maximum atomic E-state index is 12.9. The standard InChI is InChI=1S/C13H17FN2O2/c1-9(8-18-2)16-12(17)7-15-13(16)10-3-5-11(14)6-4-10/h3-6,9,13,15H,7-8H2,1-2H3. The molecule has 0 aliphatic carbocycles. The van der Waals surface area contributed by atoms with Crippen molar-refractivity contribution in [1.82, 2.24) is 10.2 Å². The zero-order valence-electron chi connectivity index (χ0n) is 10.5. The molecule has 1 aromatic carbocycles. The lowest BCUT2D eigenvalue weighted by Crippen LogP contribution is -2.40. The molecule has 1 fully saturated rings. The fourth-order valence-electron chi connectivity index (χ4n) is 2.26. The molecular formula is C13H17FN2O2. The third kappa shape index (κ3) is 2.52. The first-order valence-corrected chi connectivity index (χ1v) is 5.92. The van der Waals surface area contributed by atoms with Gasteiger partial charge in [0.05, 0.1) is 19.2 Å². The van der Waals surface area contributed by atoms with E-state index in [2.05, 4.69) is 5.32 Å². The average molecular weight is 252 g/mol. The van der Waals surface area contributed by atoms with Crippen LogP contribution >= 0.6 is 0 Å². The second-order valence-electron chi connectivity index (χ2n) is 4.44. The molecule has 1 saturated heterocycles. The summed E-state index contributed by atoms with van der Waals surface area (Å²) in [6.07, 6.45) is -0.205. The van der Waals surface area contributed by atoms with Crippen LogP contribution in [0.3, 0.4) is 0 Å². The van der Waals surface area contributed by atoms with Crippen LogP contribution in [-0.4, -0.2) is 37.1 Å². The molecule has 1 aliphatic heterocycles. The van der Waals surface area contributed by atoms with E-state index in [4.69, 9.17) is 4.74 Å². The summed E-state index contributed by atoms with van der Waals surface area (Å²) in [5, 5.41) is 3.13. The van der Waals surface area contributed by atoms with Gasteiger partial charge in [0.1, 0.15) is 12.0 Å². The number of hydrogen-bond donors (Lipinski definition) is 1. The molecule has 1 amide bonds. The number of carbonyl (C=O) groups is 1. The van der Waals surface area contributed by atoms with E-state index >= 15 is 0 Å². The number of amides is 1. The van der Waals surface area contributed by atoms with Gasteiger partial charge in [-0.25, -0.2) is 4.39 Å². The highest BCUT2D eigenvalue weighted by Crippen LogP contribution is 2.25. The van der Waals surface area contributed by atoms with Crippen LogP contribution in [-0.2, 0) is 9.53 Å². The fourth-order valence-corrected chi connectivity index (χ4v) is 2.26. The minimum absolute atomic E-state index is 0.0208. The van der Waals surface area contributed by atoms with Gasteiger partial charge in [-0.05, 0) is 24.6 Å². The van der Waals surface area contributed by atoms with Gasteiger partial charge in [0, 0.05) is 7.11 Å². The highest BCUT2D eigenvalue weighted by atomic mass is 19.1. The van der Waals surface area contributed by atoms with E-state index in [1.54, 1.807) is 24.1 Å². The second kappa shape index (κ2) is 5.46. The van der Waals surface area contributed by atoms with Crippen LogP contribution in [0.25, 0.3) is 0 Å². The van der Waals surface area contributed by atoms with E-state index in [0.29, 0.717) is 13.2 Å². The molecule has 1 aromatic rings. The molecule has 2 unspecified atom stereocenters. The molecule has 0 bridgehead atoms. The van der Waals surface area contributed by atoms with Crippen molar-refractivity contribution in [3.8, 4) is 0 Å². The van der Waals surface area contributed by atoms with Crippen molar-refractivity contribution < 1.29 is 13.9 Å². The van der Waals surface area contributed by atoms with Crippen LogP contribution in [0, 0.1) is 5.82 Å². The van der Waals surface area contributed by atoms with Gasteiger partial charge in [0.25, 0.3) is 0 Å². The van der Waals surface area contributed by atoms with Crippen molar-refractivity contribution in [2.45, 2.75) is 19.1 Å². The minimum Gasteiger partial charge on any atom is -0.383 e. The minimum atomic E-state index is -0.278. The first kappa shape index (κ1) is 13.0. The number of nitrogens with zero attached hydrogens (tertiary/aromatic N) is 1. The number of methoxy groups -OCH3 is 1. The maximum absolute atomic E-state index is 12.9. The lowest BCUT2D eigenvalue weighted by Gasteiger charge is -2.30. The molecule has 0 aromatic heterocycles. The molecule has 0 radical (unpaired) electrons. The molecular weight excluding hydrogens is 235 g/mol. The van der Waals surface area contributed by atoms with Crippen LogP contribution in [0.1, 0.15) is 18.7 Å². The summed E-state index contributed by atoms with van der Waals surface area (Å²) >= 11 is 0. The largest absolute Gasteiger partial charge is 0.383 e. The lowest BCUT2D eigenvalue weighted by atomic mass is 10.1. The topological polar surface area (TPSA) is 41.6 Å². The zero-order valence-corrected chi connectivity index (χ0v) is 10.5. The SMILES string of the molecule is COCC(C)N1C(=O)CNC1c1ccc(F)cc1. The van der Waals surface area contributed by atoms with Crippen molar-refractivity contribution in [2.24, 2.45) is 0 Å². The summed E-state index contributed by atoms with van der Waals surface area (Å²) in [7, 11) is 1.61. The molecule has 0 saturated carbocycles. The number of rotatable bonds is 4. The Morgan fingerprint density at radius 1 is 1.50 bits per heavy atom. The third-order valence-electron chi connectivity index (χ3n) is 3.08. The first-order chi connectivity index (χ1) is 8.63. The van der Waals surface area contributed by atoms with Gasteiger partial charge < -0.3 is 9.64 Å². The van der Waals surface area contributed by atoms with Crippen molar-refractivity contribution in [3.05, 3.63) is 35.6 Å².